The molecule has 2 rings (SSSR count). The smallest absolute Gasteiger partial charge is 0.0826 e. The molecule has 0 unspecified atom stereocenters. The van der Waals surface area contributed by atoms with Gasteiger partial charge in [0.25, 0.3) is 0 Å². The molecular formula is C10H7BrClN. The predicted molar refractivity (Wildman–Crippen MR) is 58.9 cm³/mol. The Labute approximate surface area is 89.9 Å². The summed E-state index contributed by atoms with van der Waals surface area (Å²) < 4.78 is 0.961. The van der Waals surface area contributed by atoms with Crippen LogP contribution in [0.5, 0.6) is 0 Å². The summed E-state index contributed by atoms with van der Waals surface area (Å²) in [5.74, 6) is 0. The van der Waals surface area contributed by atoms with Gasteiger partial charge in [-0.05, 0) is 28.1 Å². The van der Waals surface area contributed by atoms with Crippen LogP contribution in [-0.4, -0.2) is 4.98 Å². The van der Waals surface area contributed by atoms with E-state index >= 15 is 0 Å². The minimum atomic E-state index is 0.772. The molecule has 0 amide bonds. The fraction of sp³-hybridized carbons (Fsp3) is 0. The second kappa shape index (κ2) is 3.56. The molecule has 1 nitrogen and oxygen atoms in total. The largest absolute Gasteiger partial charge is 0.355 e. The molecule has 0 saturated heterocycles. The van der Waals surface area contributed by atoms with Gasteiger partial charge in [0.05, 0.1) is 4.60 Å². The van der Waals surface area contributed by atoms with E-state index in [2.05, 4.69) is 20.9 Å². The van der Waals surface area contributed by atoms with Gasteiger partial charge in [-0.3, -0.25) is 0 Å². The zero-order valence-electron chi connectivity index (χ0n) is 6.72. The van der Waals surface area contributed by atoms with Crippen LogP contribution < -0.4 is 0 Å². The maximum absolute atomic E-state index is 6.04. The summed E-state index contributed by atoms with van der Waals surface area (Å²) in [6.45, 7) is 0. The van der Waals surface area contributed by atoms with E-state index in [9.17, 15) is 0 Å². The fourth-order valence-electron chi connectivity index (χ4n) is 1.22. The molecule has 13 heavy (non-hydrogen) atoms. The highest BCUT2D eigenvalue weighted by Crippen LogP contribution is 2.28. The second-order valence-electron chi connectivity index (χ2n) is 2.72. The van der Waals surface area contributed by atoms with E-state index in [-0.39, 0.29) is 0 Å². The third kappa shape index (κ3) is 1.79. The molecule has 1 aromatic carbocycles. The number of aromatic amines is 1. The summed E-state index contributed by atoms with van der Waals surface area (Å²) >= 11 is 9.39. The lowest BCUT2D eigenvalue weighted by Crippen LogP contribution is -1.73. The molecule has 0 aliphatic carbocycles. The van der Waals surface area contributed by atoms with Crippen LogP contribution >= 0.6 is 27.5 Å². The van der Waals surface area contributed by atoms with Crippen LogP contribution in [0.4, 0.5) is 0 Å². The maximum atomic E-state index is 6.04. The average Bonchev–Trinajstić information content (AvgIpc) is 2.53. The molecule has 0 radical (unpaired) electrons. The van der Waals surface area contributed by atoms with Crippen LogP contribution in [0.3, 0.4) is 0 Å². The predicted octanol–water partition coefficient (Wildman–Crippen LogP) is 4.10. The normalized spacial score (nSPS) is 10.3. The van der Waals surface area contributed by atoms with Crippen molar-refractivity contribution >= 4 is 27.5 Å². The first-order valence-electron chi connectivity index (χ1n) is 3.86. The Morgan fingerprint density at radius 2 is 2.00 bits per heavy atom. The van der Waals surface area contributed by atoms with Gasteiger partial charge in [-0.2, -0.15) is 0 Å². The van der Waals surface area contributed by atoms with Crippen molar-refractivity contribution in [3.05, 3.63) is 46.2 Å². The van der Waals surface area contributed by atoms with Crippen LogP contribution in [0.25, 0.3) is 11.1 Å². The zero-order valence-corrected chi connectivity index (χ0v) is 9.06. The molecule has 0 fully saturated rings. The minimum Gasteiger partial charge on any atom is -0.355 e. The van der Waals surface area contributed by atoms with Gasteiger partial charge < -0.3 is 4.98 Å². The summed E-state index contributed by atoms with van der Waals surface area (Å²) in [5.41, 5.74) is 2.14. The molecule has 66 valence electrons. The number of hydrogen-bond acceptors (Lipinski definition) is 0. The Morgan fingerprint density at radius 3 is 2.62 bits per heavy atom. The first-order chi connectivity index (χ1) is 6.27. The molecule has 3 heteroatoms. The third-order valence-electron chi connectivity index (χ3n) is 1.83. The van der Waals surface area contributed by atoms with Gasteiger partial charge in [-0.25, -0.2) is 0 Å². The van der Waals surface area contributed by atoms with Gasteiger partial charge in [-0.1, -0.05) is 29.8 Å². The van der Waals surface area contributed by atoms with E-state index in [0.29, 0.717) is 0 Å². The van der Waals surface area contributed by atoms with Gasteiger partial charge in [0, 0.05) is 22.3 Å². The summed E-state index contributed by atoms with van der Waals surface area (Å²) in [7, 11) is 0. The number of benzene rings is 1. The Hall–Kier alpha value is -0.730. The monoisotopic (exact) mass is 255 g/mol. The Bertz CT molecular complexity index is 422. The molecule has 1 heterocycles. The van der Waals surface area contributed by atoms with Gasteiger partial charge in [-0.15, -0.1) is 0 Å². The van der Waals surface area contributed by atoms with Crippen LogP contribution in [0.2, 0.25) is 5.02 Å². The van der Waals surface area contributed by atoms with Crippen molar-refractivity contribution in [2.75, 3.05) is 0 Å². The minimum absolute atomic E-state index is 0.772. The van der Waals surface area contributed by atoms with E-state index < -0.39 is 0 Å². The third-order valence-corrected chi connectivity index (χ3v) is 2.62. The second-order valence-corrected chi connectivity index (χ2v) is 3.98. The van der Waals surface area contributed by atoms with Crippen molar-refractivity contribution in [2.45, 2.75) is 0 Å². The van der Waals surface area contributed by atoms with Crippen LogP contribution in [0, 0.1) is 0 Å². The van der Waals surface area contributed by atoms with E-state index in [1.54, 1.807) is 0 Å². The molecule has 0 bridgehead atoms. The molecule has 2 aromatic rings. The quantitative estimate of drug-likeness (QED) is 0.791. The molecule has 0 saturated carbocycles. The topological polar surface area (TPSA) is 15.8 Å². The number of halogens is 2. The van der Waals surface area contributed by atoms with Gasteiger partial charge in [0.2, 0.25) is 0 Å². The van der Waals surface area contributed by atoms with Crippen molar-refractivity contribution in [1.29, 1.82) is 0 Å². The summed E-state index contributed by atoms with van der Waals surface area (Å²) in [4.78, 5) is 3.05. The van der Waals surface area contributed by atoms with E-state index in [0.717, 1.165) is 20.8 Å². The number of rotatable bonds is 1. The van der Waals surface area contributed by atoms with Gasteiger partial charge in [0.1, 0.15) is 0 Å². The molecule has 0 aliphatic rings. The fourth-order valence-corrected chi connectivity index (χ4v) is 1.82. The lowest BCUT2D eigenvalue weighted by Gasteiger charge is -1.98. The number of nitrogens with one attached hydrogen (secondary N) is 1. The molecule has 0 aliphatic heterocycles. The standard InChI is InChI=1S/C10H7BrClN/c11-10-5-7(6-13-10)8-3-1-2-4-9(8)12/h1-6,13H. The van der Waals surface area contributed by atoms with Crippen molar-refractivity contribution in [2.24, 2.45) is 0 Å². The zero-order chi connectivity index (χ0) is 9.26. The summed E-state index contributed by atoms with van der Waals surface area (Å²) in [6.07, 6.45) is 1.92. The van der Waals surface area contributed by atoms with Crippen molar-refractivity contribution in [3.63, 3.8) is 0 Å². The van der Waals surface area contributed by atoms with Crippen LogP contribution in [-0.2, 0) is 0 Å². The maximum Gasteiger partial charge on any atom is 0.0826 e. The molecule has 0 spiro atoms. The van der Waals surface area contributed by atoms with E-state index in [1.807, 2.05) is 36.5 Å². The highest BCUT2D eigenvalue weighted by atomic mass is 79.9. The highest BCUT2D eigenvalue weighted by Gasteiger charge is 2.03. The lowest BCUT2D eigenvalue weighted by molar-refractivity contribution is 1.36. The molecule has 0 atom stereocenters. The summed E-state index contributed by atoms with van der Waals surface area (Å²) in [5, 5.41) is 0.772. The first kappa shape index (κ1) is 8.85. The number of H-pyrrole nitrogens is 1. The average molecular weight is 257 g/mol. The lowest BCUT2D eigenvalue weighted by atomic mass is 10.1. The molecule has 1 N–H and O–H groups in total. The molecule has 1 aromatic heterocycles. The van der Waals surface area contributed by atoms with Gasteiger partial charge in [0.15, 0.2) is 0 Å². The van der Waals surface area contributed by atoms with Crippen LogP contribution in [0.1, 0.15) is 0 Å². The Kier molecular flexibility index (Phi) is 2.42. The number of aromatic nitrogens is 1. The van der Waals surface area contributed by atoms with E-state index in [4.69, 9.17) is 11.6 Å². The van der Waals surface area contributed by atoms with Crippen LogP contribution in [0.15, 0.2) is 41.1 Å². The number of hydrogen-bond donors (Lipinski definition) is 1. The van der Waals surface area contributed by atoms with Gasteiger partial charge >= 0.3 is 0 Å². The Balaban J connectivity index is 2.52. The highest BCUT2D eigenvalue weighted by molar-refractivity contribution is 9.10. The summed E-state index contributed by atoms with van der Waals surface area (Å²) in [6, 6.07) is 9.78. The van der Waals surface area contributed by atoms with Crippen molar-refractivity contribution in [3.8, 4) is 11.1 Å². The van der Waals surface area contributed by atoms with E-state index in [1.165, 1.54) is 0 Å². The Morgan fingerprint density at radius 1 is 1.23 bits per heavy atom. The van der Waals surface area contributed by atoms with Crippen molar-refractivity contribution in [1.82, 2.24) is 4.98 Å². The first-order valence-corrected chi connectivity index (χ1v) is 5.03. The SMILES string of the molecule is Clc1ccccc1-c1c[nH]c(Br)c1. The molecular weight excluding hydrogens is 249 g/mol. The van der Waals surface area contributed by atoms with Crippen molar-refractivity contribution < 1.29 is 0 Å².